The number of carbonyl (C=O) groups excluding carboxylic acids is 2. The number of hydrogen-bond donors (Lipinski definition) is 2. The summed E-state index contributed by atoms with van der Waals surface area (Å²) >= 11 is 0. The van der Waals surface area contributed by atoms with E-state index in [1.807, 2.05) is 0 Å². The summed E-state index contributed by atoms with van der Waals surface area (Å²) in [6.07, 6.45) is -6.77. The predicted octanol–water partition coefficient (Wildman–Crippen LogP) is 3.07. The van der Waals surface area contributed by atoms with Crippen LogP contribution in [0.15, 0.2) is 47.4 Å². The molecule has 1 aromatic heterocycles. The highest BCUT2D eigenvalue weighted by Gasteiger charge is 2.63. The Hall–Kier alpha value is -3.52. The lowest BCUT2D eigenvalue weighted by Crippen LogP contribution is -2.45. The third-order valence-corrected chi connectivity index (χ3v) is 6.28. The number of halogens is 2. The lowest BCUT2D eigenvalue weighted by atomic mass is 10.1. The number of hydrogen-bond acceptors (Lipinski definition) is 11. The molecule has 40 heavy (non-hydrogen) atoms. The number of rotatable bonds is 10. The van der Waals surface area contributed by atoms with Gasteiger partial charge in [0.1, 0.15) is 36.8 Å². The molecular formula is C24H30F2N4O9P+. The molecule has 1 aliphatic heterocycles. The highest BCUT2D eigenvalue weighted by atomic mass is 31.1. The van der Waals surface area contributed by atoms with Gasteiger partial charge in [-0.1, -0.05) is 35.4 Å². The van der Waals surface area contributed by atoms with E-state index in [2.05, 4.69) is 10.1 Å². The second-order valence-corrected chi connectivity index (χ2v) is 10.8. The van der Waals surface area contributed by atoms with E-state index in [1.165, 1.54) is 27.7 Å². The van der Waals surface area contributed by atoms with Crippen molar-refractivity contribution in [2.24, 2.45) is 0 Å². The summed E-state index contributed by atoms with van der Waals surface area (Å²) in [6, 6.07) is 8.88. The van der Waals surface area contributed by atoms with E-state index in [9.17, 15) is 18.9 Å². The van der Waals surface area contributed by atoms with Gasteiger partial charge in [-0.25, -0.2) is 9.59 Å². The molecule has 1 aliphatic rings. The van der Waals surface area contributed by atoms with Crippen LogP contribution in [0.2, 0.25) is 0 Å². The summed E-state index contributed by atoms with van der Waals surface area (Å²) in [5.74, 6) is -4.93. The van der Waals surface area contributed by atoms with Crippen LogP contribution in [0.4, 0.5) is 19.4 Å². The van der Waals surface area contributed by atoms with Crippen LogP contribution in [0.25, 0.3) is 0 Å². The maximum Gasteiger partial charge on any atom is 0.613 e. The number of ether oxygens (including phenoxy) is 4. The molecule has 218 valence electrons. The fourth-order valence-electron chi connectivity index (χ4n) is 3.47. The molecule has 0 aliphatic carbocycles. The second kappa shape index (κ2) is 12.8. The first-order valence-electron chi connectivity index (χ1n) is 12.0. The fraction of sp³-hybridized carbons (Fsp3) is 0.500. The average molecular weight is 587 g/mol. The lowest BCUT2D eigenvalue weighted by molar-refractivity contribution is -0.149. The summed E-state index contributed by atoms with van der Waals surface area (Å²) in [6.45, 7) is 5.08. The number of alkyl halides is 2. The van der Waals surface area contributed by atoms with Gasteiger partial charge in [0.2, 0.25) is 12.3 Å². The van der Waals surface area contributed by atoms with Crippen LogP contribution < -0.4 is 16.5 Å². The molecule has 3 N–H and O–H groups in total. The van der Waals surface area contributed by atoms with Gasteiger partial charge in [-0.15, -0.1) is 4.52 Å². The third kappa shape index (κ3) is 8.24. The molecule has 13 nitrogen and oxygen atoms in total. The topological polar surface area (TPSA) is 170 Å². The molecule has 5 atom stereocenters. The Morgan fingerprint density at radius 2 is 1.93 bits per heavy atom. The number of aromatic nitrogens is 2. The normalized spacial score (nSPS) is 21.4. The number of esters is 1. The highest BCUT2D eigenvalue weighted by Crippen LogP contribution is 2.44. The van der Waals surface area contributed by atoms with E-state index in [1.54, 1.807) is 30.3 Å². The summed E-state index contributed by atoms with van der Waals surface area (Å²) in [5, 5.41) is 2.36. The lowest BCUT2D eigenvalue weighted by Gasteiger charge is -2.25. The molecule has 16 heteroatoms. The van der Waals surface area contributed by atoms with Crippen LogP contribution in [0.1, 0.15) is 39.5 Å². The molecule has 1 saturated heterocycles. The standard InChI is InChI=1S/C24H29F2N4O9P/c1-14(19(31)35-12-15-8-6-5-7-9-15)29-40(34)36-13-16-18(38-22(33)39-23(2,3)4)24(25,26)20(37-16)30-11-10-17(27)28-21(30)32/h5-11,14,16,18,20H,12-13H2,1-4H3,(H2-,27,28,29,32,34)/p+1/t14-,16?,18?,20?/m0/s1. The minimum Gasteiger partial charge on any atom is -0.460 e. The maximum atomic E-state index is 15.5. The number of nitrogens with two attached hydrogens (primary N) is 1. The van der Waals surface area contributed by atoms with Crippen molar-refractivity contribution < 1.29 is 46.4 Å². The van der Waals surface area contributed by atoms with E-state index in [0.717, 1.165) is 17.8 Å². The molecule has 1 aromatic carbocycles. The Morgan fingerprint density at radius 3 is 2.55 bits per heavy atom. The molecule has 0 amide bonds. The Kier molecular flexibility index (Phi) is 9.90. The first-order valence-corrected chi connectivity index (χ1v) is 13.2. The van der Waals surface area contributed by atoms with Gasteiger partial charge in [-0.3, -0.25) is 9.36 Å². The molecule has 3 rings (SSSR count). The number of carbonyl (C=O) groups is 2. The van der Waals surface area contributed by atoms with Crippen LogP contribution >= 0.6 is 8.18 Å². The third-order valence-electron chi connectivity index (χ3n) is 5.30. The molecule has 2 heterocycles. The van der Waals surface area contributed by atoms with Crippen molar-refractivity contribution >= 4 is 26.1 Å². The molecule has 0 radical (unpaired) electrons. The van der Waals surface area contributed by atoms with Crippen molar-refractivity contribution in [1.29, 1.82) is 0 Å². The van der Waals surface area contributed by atoms with E-state index >= 15 is 8.78 Å². The fourth-order valence-corrected chi connectivity index (χ4v) is 4.25. The highest BCUT2D eigenvalue weighted by molar-refractivity contribution is 7.36. The van der Waals surface area contributed by atoms with Crippen molar-refractivity contribution in [2.75, 3.05) is 12.3 Å². The summed E-state index contributed by atoms with van der Waals surface area (Å²) < 4.78 is 69.4. The molecule has 0 saturated carbocycles. The number of nitrogens with one attached hydrogen (secondary N) is 1. The molecule has 0 spiro atoms. The van der Waals surface area contributed by atoms with Gasteiger partial charge in [-0.05, 0) is 43.9 Å². The van der Waals surface area contributed by atoms with Gasteiger partial charge >= 0.3 is 31.9 Å². The van der Waals surface area contributed by atoms with Gasteiger partial charge in [0.25, 0.3) is 0 Å². The molecule has 2 aromatic rings. The van der Waals surface area contributed by atoms with Crippen molar-refractivity contribution in [1.82, 2.24) is 14.6 Å². The van der Waals surface area contributed by atoms with Crippen molar-refractivity contribution in [3.8, 4) is 0 Å². The molecular weight excluding hydrogens is 557 g/mol. The monoisotopic (exact) mass is 587 g/mol. The minimum atomic E-state index is -3.99. The van der Waals surface area contributed by atoms with Crippen LogP contribution in [0.3, 0.4) is 0 Å². The van der Waals surface area contributed by atoms with Gasteiger partial charge in [-0.2, -0.15) is 13.8 Å². The number of nitrogens with zero attached hydrogens (tertiary/aromatic N) is 2. The Labute approximate surface area is 228 Å². The summed E-state index contributed by atoms with van der Waals surface area (Å²) in [4.78, 5) is 40.1. The Balaban J connectivity index is 1.68. The van der Waals surface area contributed by atoms with Crippen molar-refractivity contribution in [3.05, 3.63) is 58.6 Å². The van der Waals surface area contributed by atoms with Crippen LogP contribution in [-0.4, -0.2) is 58.1 Å². The first-order chi connectivity index (χ1) is 18.7. The van der Waals surface area contributed by atoms with E-state index in [0.29, 0.717) is 4.57 Å². The van der Waals surface area contributed by atoms with E-state index in [-0.39, 0.29) is 12.4 Å². The Morgan fingerprint density at radius 1 is 1.25 bits per heavy atom. The zero-order chi connectivity index (χ0) is 29.7. The SMILES string of the molecule is C[C@H](N[P+](=O)OCC1OC(n2ccc(N)nc2=O)C(F)(F)C1OC(=O)OC(C)(C)C)C(=O)OCc1ccccc1. The summed E-state index contributed by atoms with van der Waals surface area (Å²) in [7, 11) is -2.80. The van der Waals surface area contributed by atoms with Gasteiger partial charge in [0, 0.05) is 6.20 Å². The zero-order valence-corrected chi connectivity index (χ0v) is 23.0. The van der Waals surface area contributed by atoms with Crippen LogP contribution in [0, 0.1) is 0 Å². The number of nitrogen functional groups attached to an aromatic ring is 1. The average Bonchev–Trinajstić information content (AvgIpc) is 3.10. The van der Waals surface area contributed by atoms with Gasteiger partial charge < -0.3 is 24.7 Å². The van der Waals surface area contributed by atoms with E-state index in [4.69, 9.17) is 29.2 Å². The smallest absolute Gasteiger partial charge is 0.460 e. The molecule has 0 bridgehead atoms. The maximum absolute atomic E-state index is 15.5. The number of anilines is 1. The first kappa shape index (κ1) is 31.0. The van der Waals surface area contributed by atoms with Gasteiger partial charge in [0.15, 0.2) is 0 Å². The zero-order valence-electron chi connectivity index (χ0n) is 22.1. The van der Waals surface area contributed by atoms with Crippen LogP contribution in [0.5, 0.6) is 0 Å². The number of benzene rings is 1. The van der Waals surface area contributed by atoms with Gasteiger partial charge in [0.05, 0.1) is 0 Å². The van der Waals surface area contributed by atoms with E-state index < -0.39 is 68.6 Å². The second-order valence-electron chi connectivity index (χ2n) is 9.74. The Bertz CT molecular complexity index is 1270. The minimum absolute atomic E-state index is 0.0151. The van der Waals surface area contributed by atoms with Crippen molar-refractivity contribution in [2.45, 2.75) is 70.3 Å². The summed E-state index contributed by atoms with van der Waals surface area (Å²) in [5.41, 5.74) is 3.97. The van der Waals surface area contributed by atoms with Crippen LogP contribution in [-0.2, 0) is 39.4 Å². The van der Waals surface area contributed by atoms with Crippen molar-refractivity contribution in [3.63, 3.8) is 0 Å². The predicted molar refractivity (Wildman–Crippen MR) is 135 cm³/mol. The molecule has 1 fully saturated rings. The quantitative estimate of drug-likeness (QED) is 0.308. The largest absolute Gasteiger partial charge is 0.613 e. The molecule has 4 unspecified atom stereocenters.